The lowest BCUT2D eigenvalue weighted by molar-refractivity contribution is -0.132. The molecule has 0 unspecified atom stereocenters. The van der Waals surface area contributed by atoms with Gasteiger partial charge in [-0.25, -0.2) is 4.39 Å². The van der Waals surface area contributed by atoms with Crippen LogP contribution in [-0.4, -0.2) is 30.4 Å². The van der Waals surface area contributed by atoms with Crippen molar-refractivity contribution in [2.24, 2.45) is 0 Å². The molecule has 3 rings (SSSR count). The molecule has 5 heteroatoms. The molecule has 1 aromatic heterocycles. The summed E-state index contributed by atoms with van der Waals surface area (Å²) in [5.41, 5.74) is 2.14. The van der Waals surface area contributed by atoms with Crippen molar-refractivity contribution in [3.05, 3.63) is 57.5 Å². The SMILES string of the molecule is CCCNCC(=O)N1CCc2sccc2[C@@H]1c1ccc(F)cc1. The monoisotopic (exact) mass is 332 g/mol. The van der Waals surface area contributed by atoms with Crippen LogP contribution in [0.15, 0.2) is 35.7 Å². The van der Waals surface area contributed by atoms with E-state index in [1.165, 1.54) is 22.6 Å². The predicted octanol–water partition coefficient (Wildman–Crippen LogP) is 3.36. The molecule has 122 valence electrons. The zero-order valence-corrected chi connectivity index (χ0v) is 14.0. The summed E-state index contributed by atoms with van der Waals surface area (Å²) in [5.74, 6) is -0.151. The molecule has 1 atom stereocenters. The van der Waals surface area contributed by atoms with Gasteiger partial charge in [0.2, 0.25) is 5.91 Å². The van der Waals surface area contributed by atoms with Gasteiger partial charge in [-0.15, -0.1) is 11.3 Å². The average Bonchev–Trinajstić information content (AvgIpc) is 3.03. The summed E-state index contributed by atoms with van der Waals surface area (Å²) in [5, 5.41) is 5.26. The van der Waals surface area contributed by atoms with Gasteiger partial charge in [0.05, 0.1) is 12.6 Å². The number of fused-ring (bicyclic) bond motifs is 1. The van der Waals surface area contributed by atoms with E-state index in [1.54, 1.807) is 23.5 Å². The second kappa shape index (κ2) is 7.23. The highest BCUT2D eigenvalue weighted by Crippen LogP contribution is 2.37. The molecular weight excluding hydrogens is 311 g/mol. The van der Waals surface area contributed by atoms with Crippen LogP contribution in [0.3, 0.4) is 0 Å². The molecule has 1 aromatic carbocycles. The van der Waals surface area contributed by atoms with Crippen LogP contribution in [0.2, 0.25) is 0 Å². The van der Waals surface area contributed by atoms with Crippen molar-refractivity contribution in [3.63, 3.8) is 0 Å². The first kappa shape index (κ1) is 16.1. The third-order valence-corrected chi connectivity index (χ3v) is 5.17. The maximum atomic E-state index is 13.3. The van der Waals surface area contributed by atoms with Crippen molar-refractivity contribution in [1.82, 2.24) is 10.2 Å². The van der Waals surface area contributed by atoms with Crippen LogP contribution in [0.25, 0.3) is 0 Å². The Bertz CT molecular complexity index is 668. The standard InChI is InChI=1S/C18H21FN2OS/c1-2-9-20-12-17(22)21-10-7-16-15(8-11-23-16)18(21)13-3-5-14(19)6-4-13/h3-6,8,11,18,20H,2,7,9-10,12H2,1H3/t18-/m0/s1. The maximum Gasteiger partial charge on any atom is 0.237 e. The van der Waals surface area contributed by atoms with E-state index in [0.717, 1.165) is 24.9 Å². The summed E-state index contributed by atoms with van der Waals surface area (Å²) in [6.07, 6.45) is 1.90. The number of benzene rings is 1. The zero-order valence-electron chi connectivity index (χ0n) is 13.2. The van der Waals surface area contributed by atoms with Crippen molar-refractivity contribution in [2.75, 3.05) is 19.6 Å². The summed E-state index contributed by atoms with van der Waals surface area (Å²) in [4.78, 5) is 15.9. The second-order valence-electron chi connectivity index (χ2n) is 5.77. The van der Waals surface area contributed by atoms with Crippen LogP contribution < -0.4 is 5.32 Å². The summed E-state index contributed by atoms with van der Waals surface area (Å²) in [6, 6.07) is 8.48. The molecule has 1 amide bonds. The number of rotatable bonds is 5. The Labute approximate surface area is 140 Å². The number of halogens is 1. The number of nitrogens with one attached hydrogen (secondary N) is 1. The number of amides is 1. The number of hydrogen-bond acceptors (Lipinski definition) is 3. The lowest BCUT2D eigenvalue weighted by atomic mass is 9.93. The molecule has 1 aliphatic heterocycles. The summed E-state index contributed by atoms with van der Waals surface area (Å²) >= 11 is 1.73. The molecule has 2 aromatic rings. The summed E-state index contributed by atoms with van der Waals surface area (Å²) < 4.78 is 13.3. The average molecular weight is 332 g/mol. The molecule has 0 radical (unpaired) electrons. The molecular formula is C18H21FN2OS. The first-order chi connectivity index (χ1) is 11.2. The van der Waals surface area contributed by atoms with Crippen LogP contribution in [-0.2, 0) is 11.2 Å². The van der Waals surface area contributed by atoms with Gasteiger partial charge in [-0.2, -0.15) is 0 Å². The van der Waals surface area contributed by atoms with Gasteiger partial charge in [-0.3, -0.25) is 4.79 Å². The Hall–Kier alpha value is -1.72. The van der Waals surface area contributed by atoms with Crippen molar-refractivity contribution < 1.29 is 9.18 Å². The van der Waals surface area contributed by atoms with Gasteiger partial charge < -0.3 is 10.2 Å². The third-order valence-electron chi connectivity index (χ3n) is 4.17. The smallest absolute Gasteiger partial charge is 0.237 e. The Morgan fingerprint density at radius 3 is 2.87 bits per heavy atom. The van der Waals surface area contributed by atoms with Gasteiger partial charge in [0.1, 0.15) is 5.82 Å². The summed E-state index contributed by atoms with van der Waals surface area (Å²) in [6.45, 7) is 3.98. The Morgan fingerprint density at radius 1 is 1.35 bits per heavy atom. The molecule has 0 saturated carbocycles. The number of nitrogens with zero attached hydrogens (tertiary/aromatic N) is 1. The molecule has 0 aliphatic carbocycles. The number of hydrogen-bond donors (Lipinski definition) is 1. The lowest BCUT2D eigenvalue weighted by Crippen LogP contribution is -2.44. The quantitative estimate of drug-likeness (QED) is 0.852. The van der Waals surface area contributed by atoms with Gasteiger partial charge in [0, 0.05) is 11.4 Å². The predicted molar refractivity (Wildman–Crippen MR) is 91.1 cm³/mol. The van der Waals surface area contributed by atoms with E-state index in [0.29, 0.717) is 13.1 Å². The fraction of sp³-hybridized carbons (Fsp3) is 0.389. The molecule has 3 nitrogen and oxygen atoms in total. The van der Waals surface area contributed by atoms with Crippen molar-refractivity contribution in [1.29, 1.82) is 0 Å². The fourth-order valence-electron chi connectivity index (χ4n) is 3.06. The van der Waals surface area contributed by atoms with Crippen LogP contribution in [0.5, 0.6) is 0 Å². The van der Waals surface area contributed by atoms with E-state index in [1.807, 2.05) is 4.90 Å². The van der Waals surface area contributed by atoms with Crippen molar-refractivity contribution in [3.8, 4) is 0 Å². The van der Waals surface area contributed by atoms with Gasteiger partial charge in [-0.05, 0) is 54.1 Å². The highest BCUT2D eigenvalue weighted by molar-refractivity contribution is 7.10. The first-order valence-electron chi connectivity index (χ1n) is 8.02. The number of carbonyl (C=O) groups is 1. The Kier molecular flexibility index (Phi) is 5.08. The lowest BCUT2D eigenvalue weighted by Gasteiger charge is -2.36. The Balaban J connectivity index is 1.89. The molecule has 0 spiro atoms. The molecule has 1 N–H and O–H groups in total. The number of carbonyl (C=O) groups excluding carboxylic acids is 1. The van der Waals surface area contributed by atoms with Crippen LogP contribution in [0.4, 0.5) is 4.39 Å². The normalized spacial score (nSPS) is 17.1. The van der Waals surface area contributed by atoms with E-state index in [2.05, 4.69) is 23.7 Å². The summed E-state index contributed by atoms with van der Waals surface area (Å²) in [7, 11) is 0. The molecule has 23 heavy (non-hydrogen) atoms. The highest BCUT2D eigenvalue weighted by Gasteiger charge is 2.32. The van der Waals surface area contributed by atoms with E-state index in [9.17, 15) is 9.18 Å². The largest absolute Gasteiger partial charge is 0.330 e. The Morgan fingerprint density at radius 2 is 2.13 bits per heavy atom. The fourth-order valence-corrected chi connectivity index (χ4v) is 3.97. The topological polar surface area (TPSA) is 32.3 Å². The molecule has 0 saturated heterocycles. The second-order valence-corrected chi connectivity index (χ2v) is 6.77. The molecule has 2 heterocycles. The van der Waals surface area contributed by atoms with Crippen molar-refractivity contribution >= 4 is 17.2 Å². The molecule has 0 bridgehead atoms. The molecule has 1 aliphatic rings. The first-order valence-corrected chi connectivity index (χ1v) is 8.90. The highest BCUT2D eigenvalue weighted by atomic mass is 32.1. The van der Waals surface area contributed by atoms with E-state index < -0.39 is 0 Å². The van der Waals surface area contributed by atoms with Crippen molar-refractivity contribution in [2.45, 2.75) is 25.8 Å². The maximum absolute atomic E-state index is 13.3. The third kappa shape index (κ3) is 3.46. The van der Waals surface area contributed by atoms with Gasteiger partial charge in [0.15, 0.2) is 0 Å². The van der Waals surface area contributed by atoms with E-state index in [-0.39, 0.29) is 17.8 Å². The number of thiophene rings is 1. The van der Waals surface area contributed by atoms with Gasteiger partial charge >= 0.3 is 0 Å². The minimum atomic E-state index is -0.252. The van der Waals surface area contributed by atoms with E-state index in [4.69, 9.17) is 0 Å². The zero-order chi connectivity index (χ0) is 16.2. The minimum absolute atomic E-state index is 0.102. The van der Waals surface area contributed by atoms with E-state index >= 15 is 0 Å². The van der Waals surface area contributed by atoms with Crippen LogP contribution in [0, 0.1) is 5.82 Å². The van der Waals surface area contributed by atoms with Crippen LogP contribution >= 0.6 is 11.3 Å². The van der Waals surface area contributed by atoms with Gasteiger partial charge in [-0.1, -0.05) is 19.1 Å². The van der Waals surface area contributed by atoms with Gasteiger partial charge in [0.25, 0.3) is 0 Å². The molecule has 0 fully saturated rings. The van der Waals surface area contributed by atoms with Crippen LogP contribution in [0.1, 0.15) is 35.4 Å². The minimum Gasteiger partial charge on any atom is -0.330 e.